The summed E-state index contributed by atoms with van der Waals surface area (Å²) in [6.45, 7) is 8.98. The van der Waals surface area contributed by atoms with Crippen LogP contribution in [0, 0.1) is 0 Å². The van der Waals surface area contributed by atoms with E-state index in [9.17, 15) is 9.59 Å². The van der Waals surface area contributed by atoms with Crippen LogP contribution in [0.4, 0.5) is 0 Å². The van der Waals surface area contributed by atoms with Gasteiger partial charge in [0.1, 0.15) is 6.61 Å². The Hall–Kier alpha value is -3.76. The molecule has 0 aliphatic carbocycles. The Morgan fingerprint density at radius 2 is 1.79 bits per heavy atom. The van der Waals surface area contributed by atoms with Crippen LogP contribution in [0.2, 0.25) is 0 Å². The zero-order valence-corrected chi connectivity index (χ0v) is 25.6. The highest BCUT2D eigenvalue weighted by Gasteiger charge is 2.42. The number of aliphatic imine (C=N–C) groups is 1. The van der Waals surface area contributed by atoms with Crippen molar-refractivity contribution in [2.24, 2.45) is 4.99 Å². The molecule has 222 valence electrons. The fraction of sp³-hybridized carbons (Fsp3) is 0.406. The molecule has 3 heterocycles. The number of benzene rings is 2. The summed E-state index contributed by atoms with van der Waals surface area (Å²) in [7, 11) is 3.67. The van der Waals surface area contributed by atoms with Crippen LogP contribution in [0.15, 0.2) is 75.9 Å². The average molecular weight is 591 g/mol. The third-order valence-electron chi connectivity index (χ3n) is 7.49. The molecular weight excluding hydrogens is 552 g/mol. The summed E-state index contributed by atoms with van der Waals surface area (Å²) in [5, 5.41) is 2.70. The van der Waals surface area contributed by atoms with E-state index in [-0.39, 0.29) is 18.4 Å². The van der Waals surface area contributed by atoms with Gasteiger partial charge in [-0.3, -0.25) is 4.79 Å². The summed E-state index contributed by atoms with van der Waals surface area (Å²) in [5.74, 6) is 0.779. The van der Waals surface area contributed by atoms with E-state index >= 15 is 0 Å². The van der Waals surface area contributed by atoms with Crippen molar-refractivity contribution in [2.45, 2.75) is 45.9 Å². The molecule has 0 N–H and O–H groups in total. The molecule has 0 saturated carbocycles. The van der Waals surface area contributed by atoms with Gasteiger partial charge in [-0.05, 0) is 56.5 Å². The van der Waals surface area contributed by atoms with Gasteiger partial charge >= 0.3 is 5.97 Å². The highest BCUT2D eigenvalue weighted by atomic mass is 32.2. The Balaban J connectivity index is 1.47. The number of esters is 1. The molecule has 0 bridgehead atoms. The standard InChI is InChI=1S/C32H38N4O5S/c1-21(2)41-31(38)29-22(3)33-32-36(25(20-42-32)18-28(37)35-15-13-34(4)14-16-35)30(29)24-11-12-26(27(17-24)39-5)40-19-23-9-7-6-8-10-23/h6-12,17,20-21,30H,13-16,18-19H2,1-5H3/t30-/m1/s1. The van der Waals surface area contributed by atoms with Crippen LogP contribution in [0.3, 0.4) is 0 Å². The first-order chi connectivity index (χ1) is 20.2. The SMILES string of the molecule is COc1cc([C@@H]2C(C(=O)OC(C)C)=C(C)N=C3SC=C(CC(=O)N4CCN(C)CC4)N32)ccc1OCc1ccccc1. The Morgan fingerprint density at radius 3 is 2.48 bits per heavy atom. The molecule has 1 amide bonds. The van der Waals surface area contributed by atoms with Gasteiger partial charge in [-0.25, -0.2) is 9.79 Å². The van der Waals surface area contributed by atoms with Crippen LogP contribution in [-0.4, -0.2) is 78.2 Å². The Labute approximate surface area is 251 Å². The quantitative estimate of drug-likeness (QED) is 0.379. The first-order valence-electron chi connectivity index (χ1n) is 14.2. The Bertz CT molecular complexity index is 1410. The van der Waals surface area contributed by atoms with Gasteiger partial charge in [0.2, 0.25) is 5.91 Å². The number of carbonyl (C=O) groups excluding carboxylic acids is 2. The topological polar surface area (TPSA) is 83.9 Å². The smallest absolute Gasteiger partial charge is 0.338 e. The lowest BCUT2D eigenvalue weighted by atomic mass is 9.93. The molecule has 3 aliphatic heterocycles. The van der Waals surface area contributed by atoms with Gasteiger partial charge in [0.05, 0.1) is 36.9 Å². The van der Waals surface area contributed by atoms with Crippen molar-refractivity contribution in [2.75, 3.05) is 40.3 Å². The van der Waals surface area contributed by atoms with E-state index in [0.717, 1.165) is 35.1 Å². The number of piperazine rings is 1. The molecule has 10 heteroatoms. The van der Waals surface area contributed by atoms with E-state index < -0.39 is 12.0 Å². The van der Waals surface area contributed by atoms with Crippen LogP contribution in [0.25, 0.3) is 0 Å². The van der Waals surface area contributed by atoms with Crippen LogP contribution >= 0.6 is 11.8 Å². The molecule has 3 aliphatic rings. The number of fused-ring (bicyclic) bond motifs is 1. The summed E-state index contributed by atoms with van der Waals surface area (Å²) in [5.41, 5.74) is 3.68. The zero-order valence-electron chi connectivity index (χ0n) is 24.8. The molecule has 0 spiro atoms. The maximum absolute atomic E-state index is 13.5. The molecule has 2 aromatic rings. The van der Waals surface area contributed by atoms with E-state index in [1.165, 1.54) is 11.8 Å². The van der Waals surface area contributed by atoms with E-state index in [0.29, 0.717) is 42.5 Å². The summed E-state index contributed by atoms with van der Waals surface area (Å²) in [6, 6.07) is 15.1. The fourth-order valence-electron chi connectivity index (χ4n) is 5.26. The van der Waals surface area contributed by atoms with Crippen molar-refractivity contribution < 1.29 is 23.8 Å². The number of amides is 1. The third kappa shape index (κ3) is 6.50. The van der Waals surface area contributed by atoms with Crippen molar-refractivity contribution in [3.05, 3.63) is 82.0 Å². The highest BCUT2D eigenvalue weighted by Crippen LogP contribution is 2.46. The third-order valence-corrected chi connectivity index (χ3v) is 8.38. The number of amidine groups is 1. The predicted molar refractivity (Wildman–Crippen MR) is 164 cm³/mol. The number of hydrogen-bond donors (Lipinski definition) is 0. The molecular formula is C32H38N4O5S. The number of thioether (sulfide) groups is 1. The Kier molecular flexibility index (Phi) is 9.23. The van der Waals surface area contributed by atoms with Crippen LogP contribution in [0.5, 0.6) is 11.5 Å². The van der Waals surface area contributed by atoms with Crippen molar-refractivity contribution in [3.63, 3.8) is 0 Å². The maximum Gasteiger partial charge on any atom is 0.338 e. The largest absolute Gasteiger partial charge is 0.493 e. The van der Waals surface area contributed by atoms with Gasteiger partial charge in [-0.1, -0.05) is 48.2 Å². The van der Waals surface area contributed by atoms with Gasteiger partial charge in [-0.15, -0.1) is 0 Å². The summed E-state index contributed by atoms with van der Waals surface area (Å²) in [4.78, 5) is 37.8. The second-order valence-electron chi connectivity index (χ2n) is 10.9. The average Bonchev–Trinajstić information content (AvgIpc) is 3.37. The van der Waals surface area contributed by atoms with Crippen molar-refractivity contribution in [1.82, 2.24) is 14.7 Å². The normalized spacial score (nSPS) is 19.0. The first-order valence-corrected chi connectivity index (χ1v) is 15.1. The molecule has 0 aromatic heterocycles. The van der Waals surface area contributed by atoms with Crippen LogP contribution < -0.4 is 9.47 Å². The molecule has 1 saturated heterocycles. The lowest BCUT2D eigenvalue weighted by Gasteiger charge is -2.37. The molecule has 42 heavy (non-hydrogen) atoms. The molecule has 1 fully saturated rings. The predicted octanol–water partition coefficient (Wildman–Crippen LogP) is 4.96. The second-order valence-corrected chi connectivity index (χ2v) is 11.7. The highest BCUT2D eigenvalue weighted by molar-refractivity contribution is 8.16. The molecule has 9 nitrogen and oxygen atoms in total. The number of nitrogens with zero attached hydrogens (tertiary/aromatic N) is 4. The molecule has 0 radical (unpaired) electrons. The molecule has 2 aromatic carbocycles. The Morgan fingerprint density at radius 1 is 1.05 bits per heavy atom. The van der Waals surface area contributed by atoms with E-state index in [1.807, 2.05) is 84.5 Å². The van der Waals surface area contributed by atoms with E-state index in [2.05, 4.69) is 11.9 Å². The molecule has 1 atom stereocenters. The summed E-state index contributed by atoms with van der Waals surface area (Å²) >= 11 is 1.46. The summed E-state index contributed by atoms with van der Waals surface area (Å²) in [6.07, 6.45) is -0.0818. The first kappa shape index (κ1) is 29.7. The summed E-state index contributed by atoms with van der Waals surface area (Å²) < 4.78 is 17.6. The van der Waals surface area contributed by atoms with Crippen LogP contribution in [0.1, 0.15) is 44.4 Å². The second kappa shape index (κ2) is 13.0. The van der Waals surface area contributed by atoms with E-state index in [1.54, 1.807) is 7.11 Å². The monoisotopic (exact) mass is 590 g/mol. The number of ether oxygens (including phenoxy) is 3. The minimum absolute atomic E-state index is 0.0646. The lowest BCUT2D eigenvalue weighted by Crippen LogP contribution is -2.47. The van der Waals surface area contributed by atoms with Gasteiger partial charge in [-0.2, -0.15) is 0 Å². The molecule has 5 rings (SSSR count). The zero-order chi connectivity index (χ0) is 29.8. The van der Waals surface area contributed by atoms with Gasteiger partial charge in [0.15, 0.2) is 16.7 Å². The maximum atomic E-state index is 13.5. The fourth-order valence-corrected chi connectivity index (χ4v) is 6.22. The number of carbonyl (C=O) groups is 2. The number of likely N-dealkylation sites (N-methyl/N-ethyl adjacent to an activating group) is 1. The van der Waals surface area contributed by atoms with Crippen LogP contribution in [-0.2, 0) is 20.9 Å². The van der Waals surface area contributed by atoms with Crippen molar-refractivity contribution in [1.29, 1.82) is 0 Å². The number of rotatable bonds is 9. The van der Waals surface area contributed by atoms with Crippen molar-refractivity contribution >= 4 is 28.8 Å². The van der Waals surface area contributed by atoms with Crippen molar-refractivity contribution in [3.8, 4) is 11.5 Å². The molecule has 0 unspecified atom stereocenters. The minimum atomic E-state index is -0.553. The van der Waals surface area contributed by atoms with Gasteiger partial charge in [0.25, 0.3) is 0 Å². The number of allylic oxidation sites excluding steroid dienone is 1. The van der Waals surface area contributed by atoms with Gasteiger partial charge in [0, 0.05) is 31.9 Å². The van der Waals surface area contributed by atoms with E-state index in [4.69, 9.17) is 19.2 Å². The van der Waals surface area contributed by atoms with Gasteiger partial charge < -0.3 is 28.9 Å². The number of hydrogen-bond acceptors (Lipinski definition) is 9. The number of methoxy groups -OCH3 is 1. The minimum Gasteiger partial charge on any atom is -0.493 e. The lowest BCUT2D eigenvalue weighted by molar-refractivity contribution is -0.143.